The van der Waals surface area contributed by atoms with Crippen LogP contribution in [0.1, 0.15) is 11.1 Å². The van der Waals surface area contributed by atoms with Gasteiger partial charge in [-0.25, -0.2) is 0 Å². The van der Waals surface area contributed by atoms with Crippen LogP contribution in [0.5, 0.6) is 0 Å². The third kappa shape index (κ3) is 3.21. The first-order chi connectivity index (χ1) is 10.5. The first-order valence-corrected chi connectivity index (χ1v) is 6.78. The van der Waals surface area contributed by atoms with Gasteiger partial charge in [-0.2, -0.15) is 18.2 Å². The second-order valence-electron chi connectivity index (χ2n) is 4.86. The van der Waals surface area contributed by atoms with Crippen LogP contribution in [0.15, 0.2) is 52.9 Å². The fourth-order valence-electron chi connectivity index (χ4n) is 2.12. The molecular formula is C16H13F3N2O. The van der Waals surface area contributed by atoms with E-state index in [1.54, 1.807) is 0 Å². The highest BCUT2D eigenvalue weighted by Gasteiger charge is 2.29. The molecule has 6 heteroatoms. The van der Waals surface area contributed by atoms with Gasteiger partial charge in [-0.05, 0) is 36.2 Å². The topological polar surface area (TPSA) is 38.1 Å². The van der Waals surface area contributed by atoms with Crippen molar-refractivity contribution in [3.05, 3.63) is 59.7 Å². The second-order valence-corrected chi connectivity index (χ2v) is 4.86. The van der Waals surface area contributed by atoms with Crippen molar-refractivity contribution >= 4 is 17.1 Å². The van der Waals surface area contributed by atoms with Crippen LogP contribution in [0.25, 0.3) is 11.1 Å². The molecule has 0 saturated carbocycles. The maximum absolute atomic E-state index is 12.5. The number of para-hydroxylation sites is 2. The van der Waals surface area contributed by atoms with Crippen molar-refractivity contribution in [2.45, 2.75) is 12.6 Å². The van der Waals surface area contributed by atoms with E-state index >= 15 is 0 Å². The number of halogens is 3. The van der Waals surface area contributed by atoms with Gasteiger partial charge in [0.15, 0.2) is 5.58 Å². The predicted octanol–water partition coefficient (Wildman–Crippen LogP) is 4.50. The maximum Gasteiger partial charge on any atom is 0.416 e. The lowest BCUT2D eigenvalue weighted by Crippen LogP contribution is -2.07. The van der Waals surface area contributed by atoms with E-state index in [1.165, 1.54) is 12.1 Å². The molecule has 1 N–H and O–H groups in total. The van der Waals surface area contributed by atoms with Crippen LogP contribution in [0.3, 0.4) is 0 Å². The van der Waals surface area contributed by atoms with Gasteiger partial charge in [-0.1, -0.05) is 24.3 Å². The molecule has 3 rings (SSSR count). The van der Waals surface area contributed by atoms with Crippen molar-refractivity contribution < 1.29 is 17.6 Å². The molecular weight excluding hydrogens is 293 g/mol. The number of aromatic nitrogens is 1. The highest BCUT2D eigenvalue weighted by molar-refractivity contribution is 5.74. The number of nitrogens with zero attached hydrogens (tertiary/aromatic N) is 1. The Balaban J connectivity index is 1.58. The average molecular weight is 306 g/mol. The molecule has 0 fully saturated rings. The Morgan fingerprint density at radius 1 is 1.00 bits per heavy atom. The van der Waals surface area contributed by atoms with Gasteiger partial charge in [-0.3, -0.25) is 0 Å². The largest absolute Gasteiger partial charge is 0.424 e. The molecule has 3 aromatic rings. The van der Waals surface area contributed by atoms with Crippen molar-refractivity contribution in [3.8, 4) is 0 Å². The summed E-state index contributed by atoms with van der Waals surface area (Å²) in [6.07, 6.45) is -3.72. The number of alkyl halides is 3. The summed E-state index contributed by atoms with van der Waals surface area (Å²) in [5.41, 5.74) is 1.64. The summed E-state index contributed by atoms with van der Waals surface area (Å²) in [6, 6.07) is 13.0. The predicted molar refractivity (Wildman–Crippen MR) is 77.6 cm³/mol. The first-order valence-electron chi connectivity index (χ1n) is 6.78. The minimum Gasteiger partial charge on any atom is -0.424 e. The Labute approximate surface area is 124 Å². The molecule has 0 aliphatic heterocycles. The molecule has 0 radical (unpaired) electrons. The fraction of sp³-hybridized carbons (Fsp3) is 0.188. The molecule has 0 bridgehead atoms. The number of oxazole rings is 1. The van der Waals surface area contributed by atoms with Gasteiger partial charge in [0.1, 0.15) is 5.52 Å². The van der Waals surface area contributed by atoms with Gasteiger partial charge in [0.25, 0.3) is 6.01 Å². The van der Waals surface area contributed by atoms with Gasteiger partial charge in [0.2, 0.25) is 0 Å². The van der Waals surface area contributed by atoms with Crippen molar-refractivity contribution in [3.63, 3.8) is 0 Å². The Bertz CT molecular complexity index is 730. The van der Waals surface area contributed by atoms with Gasteiger partial charge >= 0.3 is 6.18 Å². The highest BCUT2D eigenvalue weighted by atomic mass is 19.4. The van der Waals surface area contributed by atoms with Crippen molar-refractivity contribution in [1.82, 2.24) is 4.98 Å². The zero-order chi connectivity index (χ0) is 15.6. The van der Waals surface area contributed by atoms with E-state index in [-0.39, 0.29) is 0 Å². The van der Waals surface area contributed by atoms with Crippen LogP contribution in [-0.4, -0.2) is 11.5 Å². The Morgan fingerprint density at radius 3 is 2.41 bits per heavy atom. The molecule has 2 aromatic carbocycles. The minimum absolute atomic E-state index is 0.410. The monoisotopic (exact) mass is 306 g/mol. The molecule has 1 aromatic heterocycles. The standard InChI is InChI=1S/C16H13F3N2O/c17-16(18,19)12-7-5-11(6-8-12)9-10-20-15-21-13-3-1-2-4-14(13)22-15/h1-8H,9-10H2,(H,20,21). The number of hydrogen-bond donors (Lipinski definition) is 1. The second kappa shape index (κ2) is 5.71. The summed E-state index contributed by atoms with van der Waals surface area (Å²) in [5, 5.41) is 3.03. The zero-order valence-corrected chi connectivity index (χ0v) is 11.5. The molecule has 0 aliphatic rings. The Kier molecular flexibility index (Phi) is 3.75. The number of rotatable bonds is 4. The Morgan fingerprint density at radius 2 is 1.73 bits per heavy atom. The fourth-order valence-corrected chi connectivity index (χ4v) is 2.12. The van der Waals surface area contributed by atoms with E-state index in [4.69, 9.17) is 4.42 Å². The minimum atomic E-state index is -4.30. The van der Waals surface area contributed by atoms with Crippen LogP contribution in [0.2, 0.25) is 0 Å². The van der Waals surface area contributed by atoms with Crippen molar-refractivity contribution in [2.24, 2.45) is 0 Å². The van der Waals surface area contributed by atoms with Crippen LogP contribution in [-0.2, 0) is 12.6 Å². The molecule has 0 unspecified atom stereocenters. The smallest absolute Gasteiger partial charge is 0.416 e. The Hall–Kier alpha value is -2.50. The van der Waals surface area contributed by atoms with Crippen molar-refractivity contribution in [2.75, 3.05) is 11.9 Å². The normalized spacial score (nSPS) is 11.8. The van der Waals surface area contributed by atoms with E-state index in [0.717, 1.165) is 23.2 Å². The van der Waals surface area contributed by atoms with Crippen LogP contribution < -0.4 is 5.32 Å². The summed E-state index contributed by atoms with van der Waals surface area (Å²) in [4.78, 5) is 4.26. The van der Waals surface area contributed by atoms with E-state index in [2.05, 4.69) is 10.3 Å². The maximum atomic E-state index is 12.5. The summed E-state index contributed by atoms with van der Waals surface area (Å²) in [5.74, 6) is 0. The lowest BCUT2D eigenvalue weighted by molar-refractivity contribution is -0.137. The number of nitrogens with one attached hydrogen (secondary N) is 1. The van der Waals surface area contributed by atoms with Gasteiger partial charge in [0, 0.05) is 6.54 Å². The summed E-state index contributed by atoms with van der Waals surface area (Å²) in [6.45, 7) is 0.526. The third-order valence-electron chi connectivity index (χ3n) is 3.27. The van der Waals surface area contributed by atoms with E-state index < -0.39 is 11.7 Å². The lowest BCUT2D eigenvalue weighted by Gasteiger charge is -2.07. The van der Waals surface area contributed by atoms with Crippen molar-refractivity contribution in [1.29, 1.82) is 0 Å². The van der Waals surface area contributed by atoms with Crippen LogP contribution in [0, 0.1) is 0 Å². The van der Waals surface area contributed by atoms with Gasteiger partial charge in [-0.15, -0.1) is 0 Å². The van der Waals surface area contributed by atoms with Gasteiger partial charge in [0.05, 0.1) is 5.56 Å². The van der Waals surface area contributed by atoms with Crippen LogP contribution in [0.4, 0.5) is 19.2 Å². The van der Waals surface area contributed by atoms with E-state index in [0.29, 0.717) is 24.6 Å². The lowest BCUT2D eigenvalue weighted by atomic mass is 10.1. The molecule has 0 spiro atoms. The summed E-state index contributed by atoms with van der Waals surface area (Å²) < 4.78 is 42.9. The molecule has 114 valence electrons. The number of benzene rings is 2. The molecule has 0 aliphatic carbocycles. The van der Waals surface area contributed by atoms with Crippen LogP contribution >= 0.6 is 0 Å². The third-order valence-corrected chi connectivity index (χ3v) is 3.27. The van der Waals surface area contributed by atoms with E-state index in [9.17, 15) is 13.2 Å². The molecule has 3 nitrogen and oxygen atoms in total. The first kappa shape index (κ1) is 14.4. The van der Waals surface area contributed by atoms with Gasteiger partial charge < -0.3 is 9.73 Å². The molecule has 0 atom stereocenters. The molecule has 0 saturated heterocycles. The van der Waals surface area contributed by atoms with E-state index in [1.807, 2.05) is 24.3 Å². The number of hydrogen-bond acceptors (Lipinski definition) is 3. The number of anilines is 1. The summed E-state index contributed by atoms with van der Waals surface area (Å²) >= 11 is 0. The zero-order valence-electron chi connectivity index (χ0n) is 11.5. The molecule has 1 heterocycles. The highest BCUT2D eigenvalue weighted by Crippen LogP contribution is 2.29. The SMILES string of the molecule is FC(F)(F)c1ccc(CCNc2nc3ccccc3o2)cc1. The molecule has 22 heavy (non-hydrogen) atoms. The number of fused-ring (bicyclic) bond motifs is 1. The molecule has 0 amide bonds. The quantitative estimate of drug-likeness (QED) is 0.771. The average Bonchev–Trinajstić information content (AvgIpc) is 2.89. The summed E-state index contributed by atoms with van der Waals surface area (Å²) in [7, 11) is 0.